The number of carbonyl (C=O) groups excluding carboxylic acids is 1. The highest BCUT2D eigenvalue weighted by Crippen LogP contribution is 2.41. The number of likely N-dealkylation sites (tertiary alicyclic amines) is 1. The van der Waals surface area contributed by atoms with Gasteiger partial charge in [-0.25, -0.2) is 13.6 Å². The van der Waals surface area contributed by atoms with Crippen LogP contribution in [0.1, 0.15) is 83.1 Å². The number of piperidine rings is 1. The highest BCUT2D eigenvalue weighted by Gasteiger charge is 2.43. The molecule has 1 saturated carbocycles. The van der Waals surface area contributed by atoms with Crippen molar-refractivity contribution < 1.29 is 23.4 Å². The molecule has 210 valence electrons. The number of rotatable bonds is 13. The molecule has 8 heteroatoms. The van der Waals surface area contributed by atoms with E-state index in [1.165, 1.54) is 44.2 Å². The Balaban J connectivity index is 1.71. The van der Waals surface area contributed by atoms with Gasteiger partial charge in [-0.2, -0.15) is 0 Å². The number of unbranched alkanes of at least 4 members (excludes halogenated alkanes) is 1. The standard InChI is InChI=1S/C29H47F2N3O3/c1-3-37-18-8-7-16-29(36,25-14-9-15-26(30)27(25)31)23-13-10-17-34(21-23)28(35)33-24(20-32-2)19-22-11-5-4-6-12-22/h9,14-15,22-24,32,36H,3-8,10-13,16-21H2,1-2H3,(H,33,35)/t23-,24+,29-/m0/s1. The Hall–Kier alpha value is -1.77. The molecule has 1 heterocycles. The quantitative estimate of drug-likeness (QED) is 0.305. The summed E-state index contributed by atoms with van der Waals surface area (Å²) in [6.07, 6.45) is 10.2. The normalized spacial score (nSPS) is 21.4. The molecule has 3 N–H and O–H groups in total. The number of nitrogens with zero attached hydrogens (tertiary/aromatic N) is 1. The van der Waals surface area contributed by atoms with Crippen LogP contribution in [-0.2, 0) is 10.3 Å². The van der Waals surface area contributed by atoms with Gasteiger partial charge in [-0.3, -0.25) is 0 Å². The summed E-state index contributed by atoms with van der Waals surface area (Å²) in [5.74, 6) is -1.72. The average molecular weight is 524 g/mol. The number of hydrogen-bond donors (Lipinski definition) is 3. The van der Waals surface area contributed by atoms with Crippen molar-refractivity contribution in [2.45, 2.75) is 89.2 Å². The van der Waals surface area contributed by atoms with Crippen LogP contribution in [0, 0.1) is 23.5 Å². The summed E-state index contributed by atoms with van der Waals surface area (Å²) < 4.78 is 34.6. The van der Waals surface area contributed by atoms with E-state index in [2.05, 4.69) is 10.6 Å². The topological polar surface area (TPSA) is 73.8 Å². The SMILES string of the molecule is CCOCCCC[C@@](O)(c1cccc(F)c1F)[C@H]1CCCN(C(=O)N[C@@H](CNC)CC2CCCCC2)C1. The van der Waals surface area contributed by atoms with Crippen LogP contribution in [0.3, 0.4) is 0 Å². The third-order valence-corrected chi connectivity index (χ3v) is 8.22. The summed E-state index contributed by atoms with van der Waals surface area (Å²) in [5.41, 5.74) is -1.58. The largest absolute Gasteiger partial charge is 0.385 e. The van der Waals surface area contributed by atoms with Gasteiger partial charge in [0.2, 0.25) is 0 Å². The van der Waals surface area contributed by atoms with Gasteiger partial charge in [0.25, 0.3) is 0 Å². The first-order valence-corrected chi connectivity index (χ1v) is 14.3. The molecule has 1 aliphatic heterocycles. The van der Waals surface area contributed by atoms with Gasteiger partial charge in [0.1, 0.15) is 0 Å². The maximum Gasteiger partial charge on any atom is 0.317 e. The lowest BCUT2D eigenvalue weighted by molar-refractivity contribution is -0.0593. The number of likely N-dealkylation sites (N-methyl/N-ethyl adjacent to an activating group) is 1. The van der Waals surface area contributed by atoms with E-state index in [1.807, 2.05) is 14.0 Å². The number of halogens is 2. The molecule has 0 bridgehead atoms. The first-order chi connectivity index (χ1) is 17.9. The number of nitrogens with one attached hydrogen (secondary N) is 2. The summed E-state index contributed by atoms with van der Waals surface area (Å²) >= 11 is 0. The number of ether oxygens (including phenoxy) is 1. The van der Waals surface area contributed by atoms with Gasteiger partial charge in [-0.05, 0) is 64.5 Å². The Morgan fingerprint density at radius 3 is 2.70 bits per heavy atom. The van der Waals surface area contributed by atoms with E-state index in [4.69, 9.17) is 4.74 Å². The molecule has 2 amide bonds. The molecular weight excluding hydrogens is 476 g/mol. The van der Waals surface area contributed by atoms with E-state index in [0.717, 1.165) is 18.9 Å². The van der Waals surface area contributed by atoms with Crippen LogP contribution in [0.15, 0.2) is 18.2 Å². The van der Waals surface area contributed by atoms with Gasteiger partial charge in [-0.1, -0.05) is 44.2 Å². The van der Waals surface area contributed by atoms with Crippen LogP contribution in [-0.4, -0.2) is 62.0 Å². The van der Waals surface area contributed by atoms with E-state index in [1.54, 1.807) is 4.90 Å². The van der Waals surface area contributed by atoms with Gasteiger partial charge >= 0.3 is 6.03 Å². The van der Waals surface area contributed by atoms with Crippen LogP contribution in [0.2, 0.25) is 0 Å². The van der Waals surface area contributed by atoms with E-state index in [0.29, 0.717) is 58.0 Å². The summed E-state index contributed by atoms with van der Waals surface area (Å²) in [6, 6.07) is 3.90. The van der Waals surface area contributed by atoms with Gasteiger partial charge in [0, 0.05) is 50.4 Å². The molecule has 37 heavy (non-hydrogen) atoms. The Morgan fingerprint density at radius 2 is 1.97 bits per heavy atom. The molecule has 1 saturated heterocycles. The first-order valence-electron chi connectivity index (χ1n) is 14.3. The maximum absolute atomic E-state index is 15.0. The van der Waals surface area contributed by atoms with Crippen molar-refractivity contribution in [3.8, 4) is 0 Å². The lowest BCUT2D eigenvalue weighted by atomic mass is 9.74. The smallest absolute Gasteiger partial charge is 0.317 e. The van der Waals surface area contributed by atoms with Gasteiger partial charge < -0.3 is 25.4 Å². The van der Waals surface area contributed by atoms with Crippen LogP contribution < -0.4 is 10.6 Å². The molecule has 6 nitrogen and oxygen atoms in total. The van der Waals surface area contributed by atoms with Crippen molar-refractivity contribution in [1.29, 1.82) is 0 Å². The second kappa shape index (κ2) is 15.0. The van der Waals surface area contributed by atoms with Crippen LogP contribution in [0.5, 0.6) is 0 Å². The molecule has 0 unspecified atom stereocenters. The van der Waals surface area contributed by atoms with E-state index < -0.39 is 23.2 Å². The maximum atomic E-state index is 15.0. The average Bonchev–Trinajstić information content (AvgIpc) is 2.90. The highest BCUT2D eigenvalue weighted by molar-refractivity contribution is 5.74. The minimum atomic E-state index is -1.57. The molecule has 1 aromatic rings. The summed E-state index contributed by atoms with van der Waals surface area (Å²) in [7, 11) is 1.90. The lowest BCUT2D eigenvalue weighted by Crippen LogP contribution is -2.54. The fraction of sp³-hybridized carbons (Fsp3) is 0.759. The number of aliphatic hydroxyl groups is 1. The highest BCUT2D eigenvalue weighted by atomic mass is 19.2. The molecule has 0 aromatic heterocycles. The predicted octanol–water partition coefficient (Wildman–Crippen LogP) is 5.34. The Kier molecular flexibility index (Phi) is 12.1. The minimum absolute atomic E-state index is 0.0125. The fourth-order valence-electron chi connectivity index (χ4n) is 6.22. The Labute approximate surface area is 221 Å². The predicted molar refractivity (Wildman–Crippen MR) is 142 cm³/mol. The zero-order chi connectivity index (χ0) is 26.7. The van der Waals surface area contributed by atoms with Crippen molar-refractivity contribution in [2.24, 2.45) is 11.8 Å². The van der Waals surface area contributed by atoms with Crippen LogP contribution in [0.25, 0.3) is 0 Å². The Morgan fingerprint density at radius 1 is 1.19 bits per heavy atom. The molecule has 3 rings (SSSR count). The van der Waals surface area contributed by atoms with Crippen molar-refractivity contribution in [1.82, 2.24) is 15.5 Å². The zero-order valence-corrected chi connectivity index (χ0v) is 22.7. The van der Waals surface area contributed by atoms with Gasteiger partial charge in [-0.15, -0.1) is 0 Å². The zero-order valence-electron chi connectivity index (χ0n) is 22.7. The number of amides is 2. The Bertz CT molecular complexity index is 837. The van der Waals surface area contributed by atoms with Crippen molar-refractivity contribution >= 4 is 6.03 Å². The van der Waals surface area contributed by atoms with Crippen molar-refractivity contribution in [3.05, 3.63) is 35.4 Å². The summed E-state index contributed by atoms with van der Waals surface area (Å²) in [4.78, 5) is 15.1. The van der Waals surface area contributed by atoms with E-state index in [9.17, 15) is 18.7 Å². The first kappa shape index (κ1) is 29.8. The van der Waals surface area contributed by atoms with Crippen LogP contribution >= 0.6 is 0 Å². The molecule has 3 atom stereocenters. The van der Waals surface area contributed by atoms with Crippen molar-refractivity contribution in [2.75, 3.05) is 39.9 Å². The van der Waals surface area contributed by atoms with E-state index in [-0.39, 0.29) is 24.1 Å². The fourth-order valence-corrected chi connectivity index (χ4v) is 6.22. The number of urea groups is 1. The van der Waals surface area contributed by atoms with Crippen LogP contribution in [0.4, 0.5) is 13.6 Å². The molecular formula is C29H47F2N3O3. The minimum Gasteiger partial charge on any atom is -0.385 e. The van der Waals surface area contributed by atoms with Gasteiger partial charge in [0.15, 0.2) is 11.6 Å². The molecule has 0 spiro atoms. The number of benzene rings is 1. The number of carbonyl (C=O) groups is 1. The monoisotopic (exact) mass is 523 g/mol. The number of hydrogen-bond acceptors (Lipinski definition) is 4. The molecule has 0 radical (unpaired) electrons. The summed E-state index contributed by atoms with van der Waals surface area (Å²) in [6.45, 7) is 4.70. The van der Waals surface area contributed by atoms with Crippen molar-refractivity contribution in [3.63, 3.8) is 0 Å². The second-order valence-electron chi connectivity index (χ2n) is 10.9. The van der Waals surface area contributed by atoms with E-state index >= 15 is 0 Å². The molecule has 1 aromatic carbocycles. The van der Waals surface area contributed by atoms with Gasteiger partial charge in [0.05, 0.1) is 5.60 Å². The summed E-state index contributed by atoms with van der Waals surface area (Å²) in [5, 5.41) is 18.4. The third-order valence-electron chi connectivity index (χ3n) is 8.22. The third kappa shape index (κ3) is 8.36. The lowest BCUT2D eigenvalue weighted by Gasteiger charge is -2.43. The molecule has 1 aliphatic carbocycles. The molecule has 2 aliphatic rings. The second-order valence-corrected chi connectivity index (χ2v) is 10.9. The molecule has 2 fully saturated rings.